The van der Waals surface area contributed by atoms with E-state index in [0.29, 0.717) is 0 Å². The van der Waals surface area contributed by atoms with E-state index in [0.717, 1.165) is 38.8 Å². The van der Waals surface area contributed by atoms with Crippen LogP contribution >= 0.6 is 0 Å². The van der Waals surface area contributed by atoms with E-state index in [1.54, 1.807) is 4.90 Å². The minimum Gasteiger partial charge on any atom is -0.393 e. The van der Waals surface area contributed by atoms with Gasteiger partial charge in [-0.2, -0.15) is 0 Å². The highest BCUT2D eigenvalue weighted by atomic mass is 16.3. The van der Waals surface area contributed by atoms with Gasteiger partial charge in [0, 0.05) is 13.1 Å². The van der Waals surface area contributed by atoms with Gasteiger partial charge >= 0.3 is 0 Å². The first-order valence-corrected chi connectivity index (χ1v) is 4.83. The summed E-state index contributed by atoms with van der Waals surface area (Å²) >= 11 is 0. The Bertz CT molecular complexity index is 164. The van der Waals surface area contributed by atoms with E-state index in [2.05, 4.69) is 0 Å². The second-order valence-corrected chi connectivity index (χ2v) is 3.44. The summed E-state index contributed by atoms with van der Waals surface area (Å²) in [6.07, 6.45) is 3.09. The Hall–Kier alpha value is -0.610. The van der Waals surface area contributed by atoms with Crippen molar-refractivity contribution in [2.45, 2.75) is 31.8 Å². The molecule has 1 aliphatic rings. The van der Waals surface area contributed by atoms with Gasteiger partial charge in [-0.15, -0.1) is 0 Å². The summed E-state index contributed by atoms with van der Waals surface area (Å²) in [5, 5.41) is 17.7. The monoisotopic (exact) mass is 187 g/mol. The second kappa shape index (κ2) is 5.19. The van der Waals surface area contributed by atoms with Crippen LogP contribution in [0.25, 0.3) is 0 Å². The third-order valence-corrected chi connectivity index (χ3v) is 2.38. The van der Waals surface area contributed by atoms with Crippen molar-refractivity contribution in [3.8, 4) is 0 Å². The molecule has 1 atom stereocenters. The van der Waals surface area contributed by atoms with Gasteiger partial charge in [0.05, 0.1) is 6.61 Å². The Morgan fingerprint density at radius 2 is 1.77 bits per heavy atom. The number of likely N-dealkylation sites (tertiary alicyclic amines) is 1. The highest BCUT2D eigenvalue weighted by Gasteiger charge is 2.21. The average Bonchev–Trinajstić information content (AvgIpc) is 2.43. The maximum absolute atomic E-state index is 11.4. The SMILES string of the molecule is O=C(C(O)CO)N1CCCCCC1. The number of carbonyl (C=O) groups excluding carboxylic acids is 1. The topological polar surface area (TPSA) is 60.8 Å². The van der Waals surface area contributed by atoms with Crippen molar-refractivity contribution < 1.29 is 15.0 Å². The molecule has 1 amide bonds. The maximum atomic E-state index is 11.4. The van der Waals surface area contributed by atoms with Gasteiger partial charge in [-0.25, -0.2) is 0 Å². The summed E-state index contributed by atoms with van der Waals surface area (Å²) in [6, 6.07) is 0. The molecule has 0 saturated carbocycles. The molecule has 2 N–H and O–H groups in total. The molecule has 0 spiro atoms. The van der Waals surface area contributed by atoms with Crippen LogP contribution in [0.4, 0.5) is 0 Å². The van der Waals surface area contributed by atoms with E-state index in [-0.39, 0.29) is 5.91 Å². The summed E-state index contributed by atoms with van der Waals surface area (Å²) in [6.45, 7) is 0.959. The van der Waals surface area contributed by atoms with E-state index in [1.165, 1.54) is 0 Å². The minimum atomic E-state index is -1.22. The number of aliphatic hydroxyl groups excluding tert-OH is 2. The van der Waals surface area contributed by atoms with E-state index >= 15 is 0 Å². The fraction of sp³-hybridized carbons (Fsp3) is 0.889. The second-order valence-electron chi connectivity index (χ2n) is 3.44. The van der Waals surface area contributed by atoms with Crippen LogP contribution in [0.5, 0.6) is 0 Å². The third kappa shape index (κ3) is 2.97. The Balaban J connectivity index is 2.43. The molecule has 0 aromatic carbocycles. The minimum absolute atomic E-state index is 0.329. The van der Waals surface area contributed by atoms with Crippen LogP contribution in [-0.4, -0.2) is 46.8 Å². The number of hydrogen-bond donors (Lipinski definition) is 2. The maximum Gasteiger partial charge on any atom is 0.253 e. The number of rotatable bonds is 2. The standard InChI is InChI=1S/C9H17NO3/c11-7-8(12)9(13)10-5-3-1-2-4-6-10/h8,11-12H,1-7H2. The fourth-order valence-corrected chi connectivity index (χ4v) is 1.58. The Labute approximate surface area is 78.2 Å². The number of nitrogens with zero attached hydrogens (tertiary/aromatic N) is 1. The van der Waals surface area contributed by atoms with Crippen LogP contribution in [0.3, 0.4) is 0 Å². The molecule has 1 heterocycles. The molecule has 76 valence electrons. The zero-order chi connectivity index (χ0) is 9.68. The molecule has 0 radical (unpaired) electrons. The number of hydrogen-bond acceptors (Lipinski definition) is 3. The lowest BCUT2D eigenvalue weighted by Crippen LogP contribution is -2.41. The Morgan fingerprint density at radius 1 is 1.23 bits per heavy atom. The molecule has 1 unspecified atom stereocenters. The third-order valence-electron chi connectivity index (χ3n) is 2.38. The van der Waals surface area contributed by atoms with Crippen molar-refractivity contribution in [1.29, 1.82) is 0 Å². The number of amides is 1. The Kier molecular flexibility index (Phi) is 4.18. The molecule has 1 fully saturated rings. The first-order valence-electron chi connectivity index (χ1n) is 4.83. The molecule has 4 heteroatoms. The summed E-state index contributed by atoms with van der Waals surface area (Å²) < 4.78 is 0. The normalized spacial score (nSPS) is 20.9. The highest BCUT2D eigenvalue weighted by Crippen LogP contribution is 2.10. The van der Waals surface area contributed by atoms with E-state index < -0.39 is 12.7 Å². The van der Waals surface area contributed by atoms with Crippen LogP contribution in [0.15, 0.2) is 0 Å². The lowest BCUT2D eigenvalue weighted by atomic mass is 10.2. The number of aliphatic hydroxyl groups is 2. The van der Waals surface area contributed by atoms with Crippen LogP contribution in [0.1, 0.15) is 25.7 Å². The molecule has 0 aliphatic carbocycles. The van der Waals surface area contributed by atoms with Gasteiger partial charge in [0.25, 0.3) is 5.91 Å². The van der Waals surface area contributed by atoms with Gasteiger partial charge in [0.2, 0.25) is 0 Å². The van der Waals surface area contributed by atoms with Gasteiger partial charge in [0.1, 0.15) is 0 Å². The van der Waals surface area contributed by atoms with Crippen molar-refractivity contribution in [3.63, 3.8) is 0 Å². The molecule has 0 aromatic heterocycles. The molecule has 0 aromatic rings. The first kappa shape index (κ1) is 10.5. The average molecular weight is 187 g/mol. The van der Waals surface area contributed by atoms with Gasteiger partial charge in [0.15, 0.2) is 6.10 Å². The molecular weight excluding hydrogens is 170 g/mol. The van der Waals surface area contributed by atoms with Crippen molar-refractivity contribution in [2.75, 3.05) is 19.7 Å². The van der Waals surface area contributed by atoms with Gasteiger partial charge < -0.3 is 15.1 Å². The summed E-state index contributed by atoms with van der Waals surface area (Å²) in [4.78, 5) is 13.0. The molecular formula is C9H17NO3. The van der Waals surface area contributed by atoms with Gasteiger partial charge in [-0.3, -0.25) is 4.79 Å². The Morgan fingerprint density at radius 3 is 2.23 bits per heavy atom. The van der Waals surface area contributed by atoms with Gasteiger partial charge in [-0.1, -0.05) is 12.8 Å². The summed E-state index contributed by atoms with van der Waals surface area (Å²) in [7, 11) is 0. The van der Waals surface area contributed by atoms with Crippen molar-refractivity contribution in [1.82, 2.24) is 4.90 Å². The largest absolute Gasteiger partial charge is 0.393 e. The van der Waals surface area contributed by atoms with Crippen molar-refractivity contribution >= 4 is 5.91 Å². The molecule has 13 heavy (non-hydrogen) atoms. The smallest absolute Gasteiger partial charge is 0.253 e. The molecule has 4 nitrogen and oxygen atoms in total. The van der Waals surface area contributed by atoms with E-state index in [9.17, 15) is 4.79 Å². The predicted molar refractivity (Wildman–Crippen MR) is 48.1 cm³/mol. The lowest BCUT2D eigenvalue weighted by molar-refractivity contribution is -0.142. The highest BCUT2D eigenvalue weighted by molar-refractivity contribution is 5.80. The molecule has 0 bridgehead atoms. The van der Waals surface area contributed by atoms with Crippen LogP contribution < -0.4 is 0 Å². The zero-order valence-electron chi connectivity index (χ0n) is 7.78. The van der Waals surface area contributed by atoms with Crippen LogP contribution in [0, 0.1) is 0 Å². The zero-order valence-corrected chi connectivity index (χ0v) is 7.78. The first-order chi connectivity index (χ1) is 6.25. The lowest BCUT2D eigenvalue weighted by Gasteiger charge is -2.22. The fourth-order valence-electron chi connectivity index (χ4n) is 1.58. The van der Waals surface area contributed by atoms with E-state index in [1.807, 2.05) is 0 Å². The van der Waals surface area contributed by atoms with Crippen molar-refractivity contribution in [3.05, 3.63) is 0 Å². The molecule has 1 saturated heterocycles. The molecule has 1 rings (SSSR count). The quantitative estimate of drug-likeness (QED) is 0.626. The van der Waals surface area contributed by atoms with Crippen LogP contribution in [0.2, 0.25) is 0 Å². The summed E-state index contributed by atoms with van der Waals surface area (Å²) in [5.74, 6) is -0.329. The van der Waals surface area contributed by atoms with Crippen molar-refractivity contribution in [2.24, 2.45) is 0 Å². The predicted octanol–water partition coefficient (Wildman–Crippen LogP) is -0.258. The summed E-state index contributed by atoms with van der Waals surface area (Å²) in [5.41, 5.74) is 0. The van der Waals surface area contributed by atoms with Crippen LogP contribution in [-0.2, 0) is 4.79 Å². The number of carbonyl (C=O) groups is 1. The molecule has 1 aliphatic heterocycles. The van der Waals surface area contributed by atoms with Gasteiger partial charge in [-0.05, 0) is 12.8 Å². The van der Waals surface area contributed by atoms with E-state index in [4.69, 9.17) is 10.2 Å².